The first-order chi connectivity index (χ1) is 7.97. The number of carbonyl (C=O) groups excluding carboxylic acids is 1. The highest BCUT2D eigenvalue weighted by atomic mass is 16.2. The second-order valence-corrected chi connectivity index (χ2v) is 5.06. The van der Waals surface area contributed by atoms with Crippen LogP contribution in [0.2, 0.25) is 0 Å². The summed E-state index contributed by atoms with van der Waals surface area (Å²) in [6.07, 6.45) is 3.57. The van der Waals surface area contributed by atoms with Crippen molar-refractivity contribution in [2.75, 3.05) is 6.54 Å². The molecule has 1 aromatic heterocycles. The van der Waals surface area contributed by atoms with Crippen LogP contribution < -0.4 is 10.6 Å². The summed E-state index contributed by atoms with van der Waals surface area (Å²) in [7, 11) is 0. The standard InChI is InChI=1S/C13H21N3O/c1-13(2,3)16-12(17)15-10-6-8-11-7-4-5-9-14-11/h4-5,7,9H,6,8,10H2,1-3H3,(H2,15,16,17). The number of carbonyl (C=O) groups is 1. The number of nitrogens with one attached hydrogen (secondary N) is 2. The van der Waals surface area contributed by atoms with Crippen molar-refractivity contribution in [3.05, 3.63) is 30.1 Å². The highest BCUT2D eigenvalue weighted by Crippen LogP contribution is 1.99. The maximum atomic E-state index is 11.4. The van der Waals surface area contributed by atoms with Gasteiger partial charge in [0.1, 0.15) is 0 Å². The van der Waals surface area contributed by atoms with Gasteiger partial charge in [0, 0.05) is 24.0 Å². The molecule has 0 aliphatic heterocycles. The summed E-state index contributed by atoms with van der Waals surface area (Å²) in [4.78, 5) is 15.7. The minimum atomic E-state index is -0.189. The molecule has 2 amide bonds. The molecule has 94 valence electrons. The van der Waals surface area contributed by atoms with Gasteiger partial charge in [-0.2, -0.15) is 0 Å². The fraction of sp³-hybridized carbons (Fsp3) is 0.538. The van der Waals surface area contributed by atoms with Gasteiger partial charge in [-0.15, -0.1) is 0 Å². The topological polar surface area (TPSA) is 54.0 Å². The summed E-state index contributed by atoms with van der Waals surface area (Å²) in [6, 6.07) is 5.76. The zero-order valence-electron chi connectivity index (χ0n) is 10.8. The molecular weight excluding hydrogens is 214 g/mol. The second kappa shape index (κ2) is 6.23. The number of urea groups is 1. The van der Waals surface area contributed by atoms with Crippen LogP contribution in [0.25, 0.3) is 0 Å². The number of amides is 2. The first kappa shape index (κ1) is 13.5. The molecule has 0 saturated carbocycles. The van der Waals surface area contributed by atoms with E-state index in [2.05, 4.69) is 15.6 Å². The summed E-state index contributed by atoms with van der Waals surface area (Å²) >= 11 is 0. The van der Waals surface area contributed by atoms with Crippen LogP contribution in [0.4, 0.5) is 4.79 Å². The van der Waals surface area contributed by atoms with E-state index in [0.717, 1.165) is 18.5 Å². The minimum absolute atomic E-state index is 0.112. The predicted molar refractivity (Wildman–Crippen MR) is 68.8 cm³/mol. The van der Waals surface area contributed by atoms with Crippen LogP contribution in [0.5, 0.6) is 0 Å². The smallest absolute Gasteiger partial charge is 0.315 e. The zero-order chi connectivity index (χ0) is 12.7. The maximum absolute atomic E-state index is 11.4. The number of pyridine rings is 1. The number of hydrogen-bond donors (Lipinski definition) is 2. The highest BCUT2D eigenvalue weighted by Gasteiger charge is 2.12. The first-order valence-corrected chi connectivity index (χ1v) is 5.93. The third-order valence-corrected chi connectivity index (χ3v) is 2.11. The van der Waals surface area contributed by atoms with E-state index in [-0.39, 0.29) is 11.6 Å². The lowest BCUT2D eigenvalue weighted by molar-refractivity contribution is 0.232. The summed E-state index contributed by atoms with van der Waals surface area (Å²) in [6.45, 7) is 6.54. The Hall–Kier alpha value is -1.58. The number of hydrogen-bond acceptors (Lipinski definition) is 2. The van der Waals surface area contributed by atoms with Gasteiger partial charge in [-0.3, -0.25) is 4.98 Å². The maximum Gasteiger partial charge on any atom is 0.315 e. The molecule has 0 bridgehead atoms. The second-order valence-electron chi connectivity index (χ2n) is 5.06. The van der Waals surface area contributed by atoms with E-state index in [1.165, 1.54) is 0 Å². The van der Waals surface area contributed by atoms with Gasteiger partial charge in [0.2, 0.25) is 0 Å². The average Bonchev–Trinajstić information content (AvgIpc) is 2.23. The van der Waals surface area contributed by atoms with E-state index in [1.54, 1.807) is 6.20 Å². The molecular formula is C13H21N3O. The van der Waals surface area contributed by atoms with Crippen molar-refractivity contribution in [3.8, 4) is 0 Å². The predicted octanol–water partition coefficient (Wildman–Crippen LogP) is 2.11. The lowest BCUT2D eigenvalue weighted by Gasteiger charge is -2.20. The molecule has 0 spiro atoms. The van der Waals surface area contributed by atoms with Gasteiger partial charge in [0.15, 0.2) is 0 Å². The van der Waals surface area contributed by atoms with Gasteiger partial charge in [-0.05, 0) is 45.7 Å². The molecule has 4 heteroatoms. The average molecular weight is 235 g/mol. The minimum Gasteiger partial charge on any atom is -0.338 e. The largest absolute Gasteiger partial charge is 0.338 e. The molecule has 0 aromatic carbocycles. The van der Waals surface area contributed by atoms with Crippen molar-refractivity contribution in [3.63, 3.8) is 0 Å². The van der Waals surface area contributed by atoms with E-state index >= 15 is 0 Å². The van der Waals surface area contributed by atoms with Crippen LogP contribution in [-0.4, -0.2) is 23.1 Å². The summed E-state index contributed by atoms with van der Waals surface area (Å²) in [5.41, 5.74) is 0.871. The quantitative estimate of drug-likeness (QED) is 0.785. The number of aryl methyl sites for hydroxylation is 1. The van der Waals surface area contributed by atoms with E-state index in [4.69, 9.17) is 0 Å². The molecule has 0 aliphatic carbocycles. The Morgan fingerprint density at radius 1 is 1.35 bits per heavy atom. The molecule has 1 aromatic rings. The Bertz CT molecular complexity index is 343. The molecule has 0 atom stereocenters. The third kappa shape index (κ3) is 6.56. The van der Waals surface area contributed by atoms with Crippen LogP contribution in [0.1, 0.15) is 32.9 Å². The molecule has 2 N–H and O–H groups in total. The molecule has 1 rings (SSSR count). The van der Waals surface area contributed by atoms with Crippen LogP contribution in [-0.2, 0) is 6.42 Å². The van der Waals surface area contributed by atoms with Gasteiger partial charge < -0.3 is 10.6 Å². The van der Waals surface area contributed by atoms with Gasteiger partial charge in [-0.1, -0.05) is 6.07 Å². The number of nitrogens with zero attached hydrogens (tertiary/aromatic N) is 1. The van der Waals surface area contributed by atoms with Crippen LogP contribution in [0, 0.1) is 0 Å². The summed E-state index contributed by atoms with van der Waals surface area (Å²) in [5.74, 6) is 0. The SMILES string of the molecule is CC(C)(C)NC(=O)NCCCc1ccccn1. The van der Waals surface area contributed by atoms with Crippen LogP contribution in [0.15, 0.2) is 24.4 Å². The summed E-state index contributed by atoms with van der Waals surface area (Å²) in [5, 5.41) is 5.68. The van der Waals surface area contributed by atoms with Crippen molar-refractivity contribution in [2.45, 2.75) is 39.2 Å². The molecule has 17 heavy (non-hydrogen) atoms. The number of aromatic nitrogens is 1. The van der Waals surface area contributed by atoms with Gasteiger partial charge in [0.05, 0.1) is 0 Å². The van der Waals surface area contributed by atoms with Crippen molar-refractivity contribution in [2.24, 2.45) is 0 Å². The Kier molecular flexibility index (Phi) is 4.94. The van der Waals surface area contributed by atoms with E-state index < -0.39 is 0 Å². The lowest BCUT2D eigenvalue weighted by atomic mass is 10.1. The highest BCUT2D eigenvalue weighted by molar-refractivity contribution is 5.74. The molecule has 4 nitrogen and oxygen atoms in total. The van der Waals surface area contributed by atoms with E-state index in [0.29, 0.717) is 6.54 Å². The van der Waals surface area contributed by atoms with Gasteiger partial charge >= 0.3 is 6.03 Å². The molecule has 0 unspecified atom stereocenters. The number of rotatable bonds is 4. The van der Waals surface area contributed by atoms with E-state index in [9.17, 15) is 4.79 Å². The fourth-order valence-electron chi connectivity index (χ4n) is 1.40. The molecule has 0 radical (unpaired) electrons. The van der Waals surface area contributed by atoms with Gasteiger partial charge in [0.25, 0.3) is 0 Å². The molecule has 0 aliphatic rings. The summed E-state index contributed by atoms with van der Waals surface area (Å²) < 4.78 is 0. The lowest BCUT2D eigenvalue weighted by Crippen LogP contribution is -2.46. The van der Waals surface area contributed by atoms with Crippen molar-refractivity contribution >= 4 is 6.03 Å². The Morgan fingerprint density at radius 3 is 2.71 bits per heavy atom. The molecule has 1 heterocycles. The van der Waals surface area contributed by atoms with Crippen molar-refractivity contribution < 1.29 is 4.79 Å². The van der Waals surface area contributed by atoms with Crippen molar-refractivity contribution in [1.29, 1.82) is 0 Å². The van der Waals surface area contributed by atoms with Crippen LogP contribution >= 0.6 is 0 Å². The third-order valence-electron chi connectivity index (χ3n) is 2.11. The Balaban J connectivity index is 2.14. The Labute approximate surface area is 103 Å². The molecule has 0 fully saturated rings. The fourth-order valence-corrected chi connectivity index (χ4v) is 1.40. The normalized spacial score (nSPS) is 11.0. The van der Waals surface area contributed by atoms with E-state index in [1.807, 2.05) is 39.0 Å². The van der Waals surface area contributed by atoms with Gasteiger partial charge in [-0.25, -0.2) is 4.79 Å². The monoisotopic (exact) mass is 235 g/mol. The molecule has 0 saturated heterocycles. The zero-order valence-corrected chi connectivity index (χ0v) is 10.8. The Morgan fingerprint density at radius 2 is 2.12 bits per heavy atom. The first-order valence-electron chi connectivity index (χ1n) is 5.93. The van der Waals surface area contributed by atoms with Crippen LogP contribution in [0.3, 0.4) is 0 Å². The van der Waals surface area contributed by atoms with Crippen molar-refractivity contribution in [1.82, 2.24) is 15.6 Å².